The van der Waals surface area contributed by atoms with Crippen molar-refractivity contribution in [3.8, 4) is 12.1 Å². The quantitative estimate of drug-likeness (QED) is 0.782. The van der Waals surface area contributed by atoms with Gasteiger partial charge in [-0.3, -0.25) is 0 Å². The zero-order chi connectivity index (χ0) is 16.2. The van der Waals surface area contributed by atoms with Gasteiger partial charge in [-0.25, -0.2) is 0 Å². The molecule has 0 N–H and O–H groups in total. The maximum atomic E-state index is 9.44. The molecule has 2 aromatic carbocycles. The summed E-state index contributed by atoms with van der Waals surface area (Å²) in [5.41, 5.74) is -0.866. The Morgan fingerprint density at radius 2 is 1.59 bits per heavy atom. The first-order valence-electron chi connectivity index (χ1n) is 7.12. The molecule has 110 valence electrons. The molecule has 2 aromatic rings. The van der Waals surface area contributed by atoms with Crippen molar-refractivity contribution in [2.45, 2.75) is 38.3 Å². The first-order valence-corrected chi connectivity index (χ1v) is 7.12. The van der Waals surface area contributed by atoms with Crippen molar-refractivity contribution in [3.63, 3.8) is 0 Å². The lowest BCUT2D eigenvalue weighted by Crippen LogP contribution is -2.24. The van der Waals surface area contributed by atoms with Crippen LogP contribution in [0.4, 0.5) is 0 Å². The summed E-state index contributed by atoms with van der Waals surface area (Å²) < 4.78 is 0. The van der Waals surface area contributed by atoms with Gasteiger partial charge in [0.25, 0.3) is 0 Å². The fourth-order valence-corrected chi connectivity index (χ4v) is 2.10. The molecule has 22 heavy (non-hydrogen) atoms. The molecule has 2 rings (SSSR count). The van der Waals surface area contributed by atoms with Crippen molar-refractivity contribution >= 4 is 10.8 Å². The van der Waals surface area contributed by atoms with Gasteiger partial charge in [0.05, 0.1) is 12.1 Å². The fourth-order valence-electron chi connectivity index (χ4n) is 2.10. The Kier molecular flexibility index (Phi) is 4.24. The van der Waals surface area contributed by atoms with Gasteiger partial charge in [-0.05, 0) is 37.1 Å². The molecule has 4 heteroatoms. The van der Waals surface area contributed by atoms with Gasteiger partial charge in [0, 0.05) is 6.42 Å². The van der Waals surface area contributed by atoms with Crippen LogP contribution in [0.3, 0.4) is 0 Å². The standard InChI is InChI=1S/C18H18N4/c1-17(2,12-19)21-22-18(3,13-20)11-14-8-9-15-6-4-5-7-16(15)10-14/h4-10H,11H2,1-3H3. The van der Waals surface area contributed by atoms with Gasteiger partial charge in [0.2, 0.25) is 0 Å². The Morgan fingerprint density at radius 1 is 0.909 bits per heavy atom. The minimum absolute atomic E-state index is 0.458. The summed E-state index contributed by atoms with van der Waals surface area (Å²) in [5, 5.41) is 28.9. The van der Waals surface area contributed by atoms with Gasteiger partial charge in [-0.2, -0.15) is 20.8 Å². The lowest BCUT2D eigenvalue weighted by atomic mass is 9.94. The molecule has 0 aromatic heterocycles. The van der Waals surface area contributed by atoms with Crippen LogP contribution in [-0.2, 0) is 6.42 Å². The number of azo groups is 1. The zero-order valence-corrected chi connectivity index (χ0v) is 13.0. The van der Waals surface area contributed by atoms with Crippen LogP contribution >= 0.6 is 0 Å². The summed E-state index contributed by atoms with van der Waals surface area (Å²) in [4.78, 5) is 0. The van der Waals surface area contributed by atoms with E-state index in [4.69, 9.17) is 5.26 Å². The van der Waals surface area contributed by atoms with E-state index in [0.717, 1.165) is 16.3 Å². The molecule has 0 spiro atoms. The summed E-state index contributed by atoms with van der Waals surface area (Å²) in [5.74, 6) is 0. The predicted molar refractivity (Wildman–Crippen MR) is 86.2 cm³/mol. The molecular weight excluding hydrogens is 272 g/mol. The van der Waals surface area contributed by atoms with Crippen LogP contribution in [0.15, 0.2) is 52.7 Å². The Morgan fingerprint density at radius 3 is 2.23 bits per heavy atom. The van der Waals surface area contributed by atoms with E-state index < -0.39 is 11.1 Å². The topological polar surface area (TPSA) is 72.3 Å². The van der Waals surface area contributed by atoms with Crippen molar-refractivity contribution < 1.29 is 0 Å². The van der Waals surface area contributed by atoms with E-state index >= 15 is 0 Å². The third kappa shape index (κ3) is 3.68. The van der Waals surface area contributed by atoms with E-state index in [0.29, 0.717) is 6.42 Å². The molecule has 0 radical (unpaired) electrons. The summed E-state index contributed by atoms with van der Waals surface area (Å²) in [6.07, 6.45) is 0.458. The predicted octanol–water partition coefficient (Wildman–Crippen LogP) is 4.42. The van der Waals surface area contributed by atoms with Crippen molar-refractivity contribution in [1.29, 1.82) is 10.5 Å². The van der Waals surface area contributed by atoms with E-state index in [9.17, 15) is 5.26 Å². The zero-order valence-electron chi connectivity index (χ0n) is 13.0. The highest BCUT2D eigenvalue weighted by Gasteiger charge is 2.26. The first-order chi connectivity index (χ1) is 10.4. The van der Waals surface area contributed by atoms with E-state index in [1.807, 2.05) is 30.3 Å². The maximum absolute atomic E-state index is 9.44. The number of hydrogen-bond acceptors (Lipinski definition) is 4. The molecule has 0 saturated carbocycles. The third-order valence-corrected chi connectivity index (χ3v) is 3.40. The molecule has 1 atom stereocenters. The Bertz CT molecular complexity index is 793. The van der Waals surface area contributed by atoms with Crippen molar-refractivity contribution in [2.75, 3.05) is 0 Å². The van der Waals surface area contributed by atoms with Crippen LogP contribution in [-0.4, -0.2) is 11.1 Å². The smallest absolute Gasteiger partial charge is 0.168 e. The molecule has 0 bridgehead atoms. The van der Waals surface area contributed by atoms with Crippen LogP contribution in [0.5, 0.6) is 0 Å². The second kappa shape index (κ2) is 5.95. The highest BCUT2D eigenvalue weighted by molar-refractivity contribution is 5.83. The molecule has 0 amide bonds. The molecule has 0 aliphatic rings. The minimum Gasteiger partial charge on any atom is -0.196 e. The minimum atomic E-state index is -0.976. The summed E-state index contributed by atoms with van der Waals surface area (Å²) in [6.45, 7) is 5.08. The van der Waals surface area contributed by atoms with Crippen molar-refractivity contribution in [3.05, 3.63) is 48.0 Å². The summed E-state index contributed by atoms with van der Waals surface area (Å²) in [7, 11) is 0. The average molecular weight is 290 g/mol. The molecule has 0 heterocycles. The number of nitrogens with zero attached hydrogens (tertiary/aromatic N) is 4. The van der Waals surface area contributed by atoms with Crippen LogP contribution in [0, 0.1) is 22.7 Å². The number of nitriles is 2. The third-order valence-electron chi connectivity index (χ3n) is 3.40. The number of rotatable bonds is 4. The molecule has 0 aliphatic carbocycles. The Labute approximate surface area is 130 Å². The lowest BCUT2D eigenvalue weighted by molar-refractivity contribution is 0.509. The number of hydrogen-bond donors (Lipinski definition) is 0. The molecule has 1 unspecified atom stereocenters. The number of fused-ring (bicyclic) bond motifs is 1. The van der Waals surface area contributed by atoms with Crippen LogP contribution in [0.25, 0.3) is 10.8 Å². The van der Waals surface area contributed by atoms with Crippen molar-refractivity contribution in [2.24, 2.45) is 10.2 Å². The monoisotopic (exact) mass is 290 g/mol. The SMILES string of the molecule is CC(C)(C#N)N=NC(C)(C#N)Cc1ccc2ccccc2c1. The van der Waals surface area contributed by atoms with Gasteiger partial charge < -0.3 is 0 Å². The van der Waals surface area contributed by atoms with Gasteiger partial charge >= 0.3 is 0 Å². The largest absolute Gasteiger partial charge is 0.196 e. The summed E-state index contributed by atoms with van der Waals surface area (Å²) in [6, 6.07) is 18.5. The normalized spacial score (nSPS) is 14.4. The molecule has 0 aliphatic heterocycles. The van der Waals surface area contributed by atoms with Gasteiger partial charge in [-0.15, -0.1) is 0 Å². The molecule has 0 fully saturated rings. The molecular formula is C18H18N4. The number of benzene rings is 2. The maximum Gasteiger partial charge on any atom is 0.168 e. The van der Waals surface area contributed by atoms with E-state index in [1.54, 1.807) is 20.8 Å². The van der Waals surface area contributed by atoms with Gasteiger partial charge in [0.1, 0.15) is 0 Å². The van der Waals surface area contributed by atoms with Crippen LogP contribution in [0.2, 0.25) is 0 Å². The van der Waals surface area contributed by atoms with E-state index in [2.05, 4.69) is 34.5 Å². The average Bonchev–Trinajstić information content (AvgIpc) is 2.53. The lowest BCUT2D eigenvalue weighted by Gasteiger charge is -2.17. The van der Waals surface area contributed by atoms with E-state index in [-0.39, 0.29) is 0 Å². The molecule has 0 saturated heterocycles. The van der Waals surface area contributed by atoms with Crippen molar-refractivity contribution in [1.82, 2.24) is 0 Å². The Balaban J connectivity index is 2.28. The van der Waals surface area contributed by atoms with Crippen LogP contribution in [0.1, 0.15) is 26.3 Å². The van der Waals surface area contributed by atoms with Gasteiger partial charge in [-0.1, -0.05) is 42.5 Å². The fraction of sp³-hybridized carbons (Fsp3) is 0.333. The Hall–Kier alpha value is -2.72. The summed E-state index contributed by atoms with van der Waals surface area (Å²) >= 11 is 0. The van der Waals surface area contributed by atoms with Gasteiger partial charge in [0.15, 0.2) is 11.1 Å². The highest BCUT2D eigenvalue weighted by Crippen LogP contribution is 2.23. The first kappa shape index (κ1) is 15.7. The van der Waals surface area contributed by atoms with Crippen LogP contribution < -0.4 is 0 Å². The van der Waals surface area contributed by atoms with E-state index in [1.165, 1.54) is 0 Å². The highest BCUT2D eigenvalue weighted by atomic mass is 15.2. The molecule has 4 nitrogen and oxygen atoms in total. The second-order valence-corrected chi connectivity index (χ2v) is 6.11. The second-order valence-electron chi connectivity index (χ2n) is 6.11.